The summed E-state index contributed by atoms with van der Waals surface area (Å²) in [6, 6.07) is 10.2. The number of methoxy groups -OCH3 is 1. The summed E-state index contributed by atoms with van der Waals surface area (Å²) < 4.78 is 25.2. The number of ether oxygens (including phenoxy) is 2. The largest absolute Gasteiger partial charge is 0.453 e. The molecule has 194 valence electrons. The molecule has 4 rings (SSSR count). The summed E-state index contributed by atoms with van der Waals surface area (Å²) in [6.07, 6.45) is 2.62. The van der Waals surface area contributed by atoms with Gasteiger partial charge in [-0.25, -0.2) is 19.2 Å². The summed E-state index contributed by atoms with van der Waals surface area (Å²) in [7, 11) is 1.23. The molecule has 3 aromatic rings. The fourth-order valence-corrected chi connectivity index (χ4v) is 4.33. The highest BCUT2D eigenvalue weighted by Gasteiger charge is 2.22. The molecule has 1 fully saturated rings. The molecule has 37 heavy (non-hydrogen) atoms. The number of carbonyl (C=O) groups is 2. The van der Waals surface area contributed by atoms with Gasteiger partial charge in [-0.05, 0) is 42.7 Å². The minimum Gasteiger partial charge on any atom is -0.453 e. The van der Waals surface area contributed by atoms with Crippen molar-refractivity contribution in [3.63, 3.8) is 0 Å². The van der Waals surface area contributed by atoms with Gasteiger partial charge in [0.15, 0.2) is 0 Å². The Bertz CT molecular complexity index is 1290. The maximum Gasteiger partial charge on any atom is 0.406 e. The van der Waals surface area contributed by atoms with E-state index in [1.54, 1.807) is 36.5 Å². The number of nitrogens with zero attached hydrogens (tertiary/aromatic N) is 2. The highest BCUT2D eigenvalue weighted by atomic mass is 35.5. The average molecular weight is 528 g/mol. The summed E-state index contributed by atoms with van der Waals surface area (Å²) >= 11 is 6.09. The van der Waals surface area contributed by atoms with Crippen molar-refractivity contribution >= 4 is 29.4 Å². The van der Waals surface area contributed by atoms with Gasteiger partial charge in [0.05, 0.1) is 30.6 Å². The number of rotatable bonds is 7. The van der Waals surface area contributed by atoms with Gasteiger partial charge in [0.25, 0.3) is 5.91 Å². The third kappa shape index (κ3) is 6.52. The number of amides is 2. The van der Waals surface area contributed by atoms with Gasteiger partial charge in [-0.3, -0.25) is 4.79 Å². The van der Waals surface area contributed by atoms with E-state index in [4.69, 9.17) is 22.1 Å². The van der Waals surface area contributed by atoms with E-state index in [2.05, 4.69) is 25.3 Å². The zero-order chi connectivity index (χ0) is 26.4. The third-order valence-electron chi connectivity index (χ3n) is 6.14. The molecule has 0 aliphatic carbocycles. The lowest BCUT2D eigenvalue weighted by molar-refractivity contribution is 0.0844. The van der Waals surface area contributed by atoms with Crippen molar-refractivity contribution in [1.29, 1.82) is 0 Å². The van der Waals surface area contributed by atoms with Gasteiger partial charge in [0.2, 0.25) is 0 Å². The molecule has 1 saturated heterocycles. The number of nitrogen functional groups attached to an aromatic ring is 1. The quantitative estimate of drug-likeness (QED) is 0.419. The summed E-state index contributed by atoms with van der Waals surface area (Å²) in [5, 5.41) is 5.74. The normalized spacial score (nSPS) is 14.6. The molecule has 0 saturated carbocycles. The van der Waals surface area contributed by atoms with Crippen LogP contribution in [0.2, 0.25) is 5.02 Å². The van der Waals surface area contributed by atoms with E-state index in [9.17, 15) is 9.59 Å². The number of carbonyl (C=O) groups excluding carboxylic acids is 2. The van der Waals surface area contributed by atoms with Gasteiger partial charge in [0, 0.05) is 36.3 Å². The first-order valence-corrected chi connectivity index (χ1v) is 12.1. The fraction of sp³-hybridized carbons (Fsp3) is 0.308. The molecule has 1 unspecified atom stereocenters. The molecule has 9 nitrogen and oxygen atoms in total. The predicted octanol–water partition coefficient (Wildman–Crippen LogP) is 4.24. The number of halogens is 2. The van der Waals surface area contributed by atoms with Crippen molar-refractivity contribution in [2.75, 3.05) is 32.6 Å². The standard InChI is InChI=1S/C26H27ClFN5O4/c1-36-26(35)31-14-22(16-3-2-4-18(27)11-16)33-25(34)19-6-5-17(12-20(19)28)23-24(29)30-13-21(32-23)15-7-9-37-10-8-15/h2-6,11-13,15,22H,7-10,14H2,1H3,(H2,29,30)(H,31,35)(H,33,34). The number of nitrogens with one attached hydrogen (secondary N) is 2. The van der Waals surface area contributed by atoms with Crippen LogP contribution >= 0.6 is 11.6 Å². The Morgan fingerprint density at radius 2 is 2.03 bits per heavy atom. The lowest BCUT2D eigenvalue weighted by Gasteiger charge is -2.22. The summed E-state index contributed by atoms with van der Waals surface area (Å²) in [5.74, 6) is -1.06. The van der Waals surface area contributed by atoms with Crippen molar-refractivity contribution in [3.05, 3.63) is 76.3 Å². The van der Waals surface area contributed by atoms with Crippen LogP contribution in [0.5, 0.6) is 0 Å². The molecule has 11 heteroatoms. The Hall–Kier alpha value is -3.76. The van der Waals surface area contributed by atoms with Crippen LogP contribution < -0.4 is 16.4 Å². The van der Waals surface area contributed by atoms with Crippen molar-refractivity contribution in [2.24, 2.45) is 0 Å². The SMILES string of the molecule is COC(=O)NCC(NC(=O)c1ccc(-c2nc(C3CCOCC3)cnc2N)cc1F)c1cccc(Cl)c1. The molecule has 1 aliphatic heterocycles. The maximum absolute atomic E-state index is 15.2. The Morgan fingerprint density at radius 3 is 2.73 bits per heavy atom. The van der Waals surface area contributed by atoms with Gasteiger partial charge in [-0.2, -0.15) is 0 Å². The van der Waals surface area contributed by atoms with Gasteiger partial charge < -0.3 is 25.8 Å². The minimum absolute atomic E-state index is 0.00355. The second kappa shape index (κ2) is 12.0. The van der Waals surface area contributed by atoms with E-state index < -0.39 is 23.9 Å². The van der Waals surface area contributed by atoms with E-state index in [-0.39, 0.29) is 23.8 Å². The molecule has 0 radical (unpaired) electrons. The van der Waals surface area contributed by atoms with Gasteiger partial charge in [-0.15, -0.1) is 0 Å². The van der Waals surface area contributed by atoms with Gasteiger partial charge in [-0.1, -0.05) is 29.8 Å². The smallest absolute Gasteiger partial charge is 0.406 e. The van der Waals surface area contributed by atoms with Crippen LogP contribution in [0.3, 0.4) is 0 Å². The summed E-state index contributed by atoms with van der Waals surface area (Å²) in [5.41, 5.74) is 8.04. The van der Waals surface area contributed by atoms with Crippen molar-refractivity contribution in [1.82, 2.24) is 20.6 Å². The maximum atomic E-state index is 15.2. The van der Waals surface area contributed by atoms with Crippen LogP contribution in [-0.2, 0) is 9.47 Å². The highest BCUT2D eigenvalue weighted by molar-refractivity contribution is 6.30. The van der Waals surface area contributed by atoms with Crippen LogP contribution in [-0.4, -0.2) is 48.8 Å². The second-order valence-corrected chi connectivity index (χ2v) is 9.00. The average Bonchev–Trinajstić information content (AvgIpc) is 2.91. The van der Waals surface area contributed by atoms with Crippen molar-refractivity contribution < 1.29 is 23.5 Å². The number of nitrogens with two attached hydrogens (primary N) is 1. The Labute approximate surface area is 218 Å². The molecule has 2 amide bonds. The van der Waals surface area contributed by atoms with E-state index in [1.807, 2.05) is 0 Å². The van der Waals surface area contributed by atoms with Crippen LogP contribution in [0.4, 0.5) is 15.0 Å². The lowest BCUT2D eigenvalue weighted by Crippen LogP contribution is -2.38. The number of alkyl carbamates (subject to hydrolysis) is 1. The first kappa shape index (κ1) is 26.3. The highest BCUT2D eigenvalue weighted by Crippen LogP contribution is 2.30. The number of hydrogen-bond donors (Lipinski definition) is 3. The summed E-state index contributed by atoms with van der Waals surface area (Å²) in [4.78, 5) is 33.5. The Kier molecular flexibility index (Phi) is 8.52. The molecule has 2 heterocycles. The van der Waals surface area contributed by atoms with Crippen LogP contribution in [0.1, 0.15) is 46.4 Å². The Morgan fingerprint density at radius 1 is 1.24 bits per heavy atom. The molecule has 1 atom stereocenters. The Balaban J connectivity index is 1.56. The van der Waals surface area contributed by atoms with Crippen molar-refractivity contribution in [2.45, 2.75) is 24.8 Å². The zero-order valence-corrected chi connectivity index (χ0v) is 20.9. The molecule has 2 aromatic carbocycles. The van der Waals surface area contributed by atoms with Crippen molar-refractivity contribution in [3.8, 4) is 11.3 Å². The summed E-state index contributed by atoms with van der Waals surface area (Å²) in [6.45, 7) is 1.30. The number of aromatic nitrogens is 2. The molecule has 0 spiro atoms. The topological polar surface area (TPSA) is 128 Å². The number of anilines is 1. The molecule has 1 aromatic heterocycles. The monoisotopic (exact) mass is 527 g/mol. The first-order valence-electron chi connectivity index (χ1n) is 11.7. The molecular formula is C26H27ClFN5O4. The number of benzene rings is 2. The van der Waals surface area contributed by atoms with E-state index in [1.165, 1.54) is 19.2 Å². The fourth-order valence-electron chi connectivity index (χ4n) is 4.13. The van der Waals surface area contributed by atoms with Crippen LogP contribution in [0.15, 0.2) is 48.7 Å². The molecular weight excluding hydrogens is 501 g/mol. The predicted molar refractivity (Wildman–Crippen MR) is 137 cm³/mol. The first-order chi connectivity index (χ1) is 17.9. The van der Waals surface area contributed by atoms with Crippen LogP contribution in [0.25, 0.3) is 11.3 Å². The minimum atomic E-state index is -0.751. The lowest BCUT2D eigenvalue weighted by atomic mass is 9.96. The van der Waals surface area contributed by atoms with E-state index in [0.29, 0.717) is 35.1 Å². The van der Waals surface area contributed by atoms with E-state index >= 15 is 4.39 Å². The van der Waals surface area contributed by atoms with Crippen LogP contribution in [0, 0.1) is 5.82 Å². The molecule has 0 bridgehead atoms. The third-order valence-corrected chi connectivity index (χ3v) is 6.37. The van der Waals surface area contributed by atoms with Gasteiger partial charge >= 0.3 is 6.09 Å². The zero-order valence-electron chi connectivity index (χ0n) is 20.2. The van der Waals surface area contributed by atoms with E-state index in [0.717, 1.165) is 18.5 Å². The molecule has 4 N–H and O–H groups in total. The number of hydrogen-bond acceptors (Lipinski definition) is 7. The second-order valence-electron chi connectivity index (χ2n) is 8.56. The van der Waals surface area contributed by atoms with Gasteiger partial charge in [0.1, 0.15) is 17.3 Å². The molecule has 1 aliphatic rings.